The normalized spacial score (nSPS) is 48.2. The van der Waals surface area contributed by atoms with E-state index in [4.69, 9.17) is 4.18 Å². The van der Waals surface area contributed by atoms with E-state index in [1.165, 1.54) is 12.5 Å². The van der Waals surface area contributed by atoms with Crippen LogP contribution in [0.25, 0.3) is 0 Å². The van der Waals surface area contributed by atoms with E-state index >= 15 is 0 Å². The first-order valence-electron chi connectivity index (χ1n) is 10.5. The van der Waals surface area contributed by atoms with E-state index in [1.807, 2.05) is 0 Å². The Kier molecular flexibility index (Phi) is 4.66. The molecule has 4 rings (SSSR count). The monoisotopic (exact) mass is 411 g/mol. The predicted octanol–water partition coefficient (Wildman–Crippen LogP) is 3.11. The predicted molar refractivity (Wildman–Crippen MR) is 102 cm³/mol. The van der Waals surface area contributed by atoms with Crippen molar-refractivity contribution in [2.75, 3.05) is 0 Å². The summed E-state index contributed by atoms with van der Waals surface area (Å²) in [7, 11) is -4.68. The largest absolute Gasteiger partial charge is 0.726 e. The van der Waals surface area contributed by atoms with Crippen molar-refractivity contribution in [3.8, 4) is 0 Å². The zero-order chi connectivity index (χ0) is 20.5. The van der Waals surface area contributed by atoms with Gasteiger partial charge >= 0.3 is 0 Å². The lowest BCUT2D eigenvalue weighted by Gasteiger charge is -2.58. The van der Waals surface area contributed by atoms with Gasteiger partial charge in [-0.25, -0.2) is 8.42 Å². The van der Waals surface area contributed by atoms with Crippen LogP contribution in [0, 0.1) is 28.6 Å². The first-order chi connectivity index (χ1) is 12.9. The molecule has 4 aliphatic rings. The van der Waals surface area contributed by atoms with Crippen LogP contribution in [0.4, 0.5) is 0 Å². The minimum atomic E-state index is -4.68. The number of allylic oxidation sites excluding steroid dienone is 1. The molecule has 0 amide bonds. The number of fused-ring (bicyclic) bond motifs is 5. The number of ketones is 1. The van der Waals surface area contributed by atoms with Crippen molar-refractivity contribution < 1.29 is 27.1 Å². The van der Waals surface area contributed by atoms with Crippen LogP contribution in [0.3, 0.4) is 0 Å². The molecule has 0 aliphatic heterocycles. The van der Waals surface area contributed by atoms with Gasteiger partial charge in [0, 0.05) is 5.41 Å². The maximum absolute atomic E-state index is 12.3. The summed E-state index contributed by atoms with van der Waals surface area (Å²) in [6.07, 6.45) is 7.68. The zero-order valence-electron chi connectivity index (χ0n) is 16.9. The topological polar surface area (TPSA) is 104 Å². The second kappa shape index (κ2) is 6.37. The highest BCUT2D eigenvalue weighted by Gasteiger charge is 2.65. The van der Waals surface area contributed by atoms with Crippen LogP contribution < -0.4 is 0 Å². The average Bonchev–Trinajstić information content (AvgIpc) is 2.87. The summed E-state index contributed by atoms with van der Waals surface area (Å²) in [6, 6.07) is 0. The molecule has 6 nitrogen and oxygen atoms in total. The summed E-state index contributed by atoms with van der Waals surface area (Å²) < 4.78 is 37.7. The molecule has 7 atom stereocenters. The third-order valence-electron chi connectivity index (χ3n) is 9.05. The minimum Gasteiger partial charge on any atom is -0.726 e. The molecular formula is C21H31O6S-. The van der Waals surface area contributed by atoms with Gasteiger partial charge in [0.15, 0.2) is 5.78 Å². The van der Waals surface area contributed by atoms with Gasteiger partial charge < -0.3 is 9.66 Å². The van der Waals surface area contributed by atoms with Gasteiger partial charge in [-0.3, -0.25) is 8.98 Å². The van der Waals surface area contributed by atoms with Gasteiger partial charge in [-0.1, -0.05) is 25.5 Å². The second-order valence-corrected chi connectivity index (χ2v) is 11.0. The molecule has 7 heteroatoms. The molecule has 0 saturated heterocycles. The molecule has 0 aromatic carbocycles. The Hall–Kier alpha value is -0.760. The summed E-state index contributed by atoms with van der Waals surface area (Å²) in [5, 5.41) is 11.2. The fourth-order valence-electron chi connectivity index (χ4n) is 7.47. The second-order valence-electron chi connectivity index (χ2n) is 10.0. The van der Waals surface area contributed by atoms with Gasteiger partial charge in [-0.2, -0.15) is 0 Å². The highest BCUT2D eigenvalue weighted by Crippen LogP contribution is 2.67. The molecule has 0 spiro atoms. The highest BCUT2D eigenvalue weighted by molar-refractivity contribution is 7.80. The van der Waals surface area contributed by atoms with Crippen LogP contribution in [0.1, 0.15) is 72.1 Å². The number of hydrogen-bond donors (Lipinski definition) is 1. The summed E-state index contributed by atoms with van der Waals surface area (Å²) in [5.74, 6) is 1.11. The van der Waals surface area contributed by atoms with Gasteiger partial charge in [0.2, 0.25) is 10.4 Å². The maximum atomic E-state index is 12.3. The first-order valence-corrected chi connectivity index (χ1v) is 11.8. The molecule has 0 bridgehead atoms. The molecule has 0 aromatic rings. The third-order valence-corrected chi connectivity index (χ3v) is 9.55. The Balaban J connectivity index is 1.61. The van der Waals surface area contributed by atoms with Crippen LogP contribution >= 0.6 is 0 Å². The van der Waals surface area contributed by atoms with E-state index in [0.717, 1.165) is 32.1 Å². The Morgan fingerprint density at radius 3 is 2.50 bits per heavy atom. The summed E-state index contributed by atoms with van der Waals surface area (Å²) in [4.78, 5) is 12.3. The van der Waals surface area contributed by atoms with E-state index in [-0.39, 0.29) is 16.6 Å². The number of hydrogen-bond acceptors (Lipinski definition) is 6. The summed E-state index contributed by atoms with van der Waals surface area (Å²) in [5.41, 5.74) is -0.370. The molecular weight excluding hydrogens is 380 g/mol. The van der Waals surface area contributed by atoms with Gasteiger partial charge in [0.1, 0.15) is 5.60 Å². The number of carbonyl (C=O) groups excluding carboxylic acids is 1. The highest BCUT2D eigenvalue weighted by atomic mass is 32.3. The van der Waals surface area contributed by atoms with Gasteiger partial charge in [0.05, 0.1) is 6.10 Å². The van der Waals surface area contributed by atoms with Crippen LogP contribution in [0.2, 0.25) is 0 Å². The van der Waals surface area contributed by atoms with Crippen molar-refractivity contribution >= 4 is 16.2 Å². The van der Waals surface area contributed by atoms with Crippen LogP contribution in [-0.4, -0.2) is 35.6 Å². The fraction of sp³-hybridized carbons (Fsp3) is 0.857. The molecule has 1 N–H and O–H groups in total. The van der Waals surface area contributed by atoms with E-state index in [9.17, 15) is 22.9 Å². The van der Waals surface area contributed by atoms with E-state index in [1.54, 1.807) is 0 Å². The van der Waals surface area contributed by atoms with Gasteiger partial charge in [-0.05, 0) is 81.5 Å². The lowest BCUT2D eigenvalue weighted by atomic mass is 9.47. The molecule has 0 radical (unpaired) electrons. The number of rotatable bonds is 3. The van der Waals surface area contributed by atoms with E-state index in [2.05, 4.69) is 19.9 Å². The molecule has 4 aliphatic carbocycles. The van der Waals surface area contributed by atoms with Crippen molar-refractivity contribution in [3.05, 3.63) is 11.6 Å². The van der Waals surface area contributed by atoms with E-state index < -0.39 is 22.1 Å². The summed E-state index contributed by atoms with van der Waals surface area (Å²) >= 11 is 0. The average molecular weight is 412 g/mol. The van der Waals surface area contributed by atoms with Gasteiger partial charge in [-0.15, -0.1) is 0 Å². The standard InChI is InChI=1S/C21H32O6S/c1-13(22)21(23)11-8-18-16-5-4-14-12-15(27-28(24,25)26)6-9-19(14,2)17(16)7-10-20(18,21)3/h4,15-18,23H,5-12H2,1-3H3,(H,24,25,26)/p-1/t15-,16+,17-,18-,19-,20-,21-/m0/s1. The van der Waals surface area contributed by atoms with Crippen molar-refractivity contribution in [1.82, 2.24) is 0 Å². The summed E-state index contributed by atoms with van der Waals surface area (Å²) in [6.45, 7) is 5.89. The lowest BCUT2D eigenvalue weighted by Crippen LogP contribution is -2.57. The van der Waals surface area contributed by atoms with Crippen molar-refractivity contribution in [2.24, 2.45) is 28.6 Å². The fourth-order valence-corrected chi connectivity index (χ4v) is 7.97. The smallest absolute Gasteiger partial charge is 0.217 e. The maximum Gasteiger partial charge on any atom is 0.217 e. The van der Waals surface area contributed by atoms with Crippen molar-refractivity contribution in [2.45, 2.75) is 83.8 Å². The minimum absolute atomic E-state index is 0.0202. The lowest BCUT2D eigenvalue weighted by molar-refractivity contribution is -0.159. The van der Waals surface area contributed by atoms with Crippen LogP contribution in [-0.2, 0) is 19.4 Å². The molecule has 3 fully saturated rings. The SMILES string of the molecule is CC(=O)[C@@]1(O)CC[C@H]2[C@@H]3CC=C4C[C@@H](OS(=O)(=O)[O-])CC[C@]4(C)[C@H]3CC[C@@]21C. The Morgan fingerprint density at radius 2 is 1.86 bits per heavy atom. The zero-order valence-corrected chi connectivity index (χ0v) is 17.8. The molecule has 0 unspecified atom stereocenters. The Morgan fingerprint density at radius 1 is 1.18 bits per heavy atom. The molecule has 0 aromatic heterocycles. The quantitative estimate of drug-likeness (QED) is 0.435. The van der Waals surface area contributed by atoms with Crippen molar-refractivity contribution in [3.63, 3.8) is 0 Å². The van der Waals surface area contributed by atoms with Gasteiger partial charge in [0.25, 0.3) is 0 Å². The molecule has 0 heterocycles. The van der Waals surface area contributed by atoms with Crippen LogP contribution in [0.15, 0.2) is 11.6 Å². The number of aliphatic hydroxyl groups is 1. The van der Waals surface area contributed by atoms with Crippen molar-refractivity contribution in [1.29, 1.82) is 0 Å². The molecule has 3 saturated carbocycles. The third kappa shape index (κ3) is 2.84. The number of Topliss-reactive ketones (excluding diaryl/α,β-unsaturated/α-hetero) is 1. The number of carbonyl (C=O) groups is 1. The molecule has 28 heavy (non-hydrogen) atoms. The first kappa shape index (κ1) is 20.5. The Labute approximate surface area is 167 Å². The Bertz CT molecular complexity index is 819. The molecule has 158 valence electrons. The van der Waals surface area contributed by atoms with E-state index in [0.29, 0.717) is 37.0 Å². The van der Waals surface area contributed by atoms with Crippen LogP contribution in [0.5, 0.6) is 0 Å².